The first-order chi connectivity index (χ1) is 13.8. The maximum Gasteiger partial charge on any atom is 0.242 e. The van der Waals surface area contributed by atoms with Gasteiger partial charge in [0.15, 0.2) is 0 Å². The molecule has 1 fully saturated rings. The van der Waals surface area contributed by atoms with E-state index < -0.39 is 10.0 Å². The summed E-state index contributed by atoms with van der Waals surface area (Å²) in [4.78, 5) is 14.8. The highest BCUT2D eigenvalue weighted by molar-refractivity contribution is 7.89. The minimum absolute atomic E-state index is 0.120. The van der Waals surface area contributed by atoms with Crippen molar-refractivity contribution < 1.29 is 13.2 Å². The Labute approximate surface area is 173 Å². The lowest BCUT2D eigenvalue weighted by atomic mass is 9.90. The Kier molecular flexibility index (Phi) is 7.05. The van der Waals surface area contributed by atoms with Gasteiger partial charge in [0.1, 0.15) is 0 Å². The summed E-state index contributed by atoms with van der Waals surface area (Å²) >= 11 is 0. The van der Waals surface area contributed by atoms with Crippen LogP contribution in [0.3, 0.4) is 0 Å². The van der Waals surface area contributed by atoms with Gasteiger partial charge in [0, 0.05) is 19.8 Å². The van der Waals surface area contributed by atoms with Crippen molar-refractivity contribution in [1.29, 1.82) is 0 Å². The summed E-state index contributed by atoms with van der Waals surface area (Å²) in [6.45, 7) is 2.13. The first-order valence-electron chi connectivity index (χ1n) is 9.93. The van der Waals surface area contributed by atoms with Crippen LogP contribution in [0.25, 0.3) is 0 Å². The highest BCUT2D eigenvalue weighted by atomic mass is 32.2. The smallest absolute Gasteiger partial charge is 0.242 e. The van der Waals surface area contributed by atoms with Crippen LogP contribution >= 0.6 is 0 Å². The average Bonchev–Trinajstić information content (AvgIpc) is 2.70. The molecular formula is C22H29N3O3S. The molecule has 0 bridgehead atoms. The number of benzene rings is 2. The predicted octanol–water partition coefficient (Wildman–Crippen LogP) is 2.83. The lowest BCUT2D eigenvalue weighted by Crippen LogP contribution is -2.39. The summed E-state index contributed by atoms with van der Waals surface area (Å²) in [6, 6.07) is 16.9. The van der Waals surface area contributed by atoms with Crippen molar-refractivity contribution in [3.05, 3.63) is 60.2 Å². The number of nitrogens with one attached hydrogen (secondary N) is 1. The highest BCUT2D eigenvalue weighted by Crippen LogP contribution is 2.22. The quantitative estimate of drug-likeness (QED) is 0.755. The fraction of sp³-hybridized carbons (Fsp3) is 0.409. The Morgan fingerprint density at radius 2 is 1.76 bits per heavy atom. The van der Waals surface area contributed by atoms with E-state index in [0.717, 1.165) is 36.7 Å². The molecule has 0 unspecified atom stereocenters. The van der Waals surface area contributed by atoms with Crippen LogP contribution < -0.4 is 5.32 Å². The van der Waals surface area contributed by atoms with Crippen molar-refractivity contribution in [1.82, 2.24) is 9.21 Å². The van der Waals surface area contributed by atoms with Gasteiger partial charge in [-0.15, -0.1) is 0 Å². The summed E-state index contributed by atoms with van der Waals surface area (Å²) < 4.78 is 25.7. The highest BCUT2D eigenvalue weighted by Gasteiger charge is 2.22. The van der Waals surface area contributed by atoms with Crippen LogP contribution in [0.2, 0.25) is 0 Å². The topological polar surface area (TPSA) is 69.7 Å². The molecule has 156 valence electrons. The third-order valence-electron chi connectivity index (χ3n) is 5.34. The van der Waals surface area contributed by atoms with Crippen LogP contribution in [-0.4, -0.2) is 57.3 Å². The molecule has 6 nitrogen and oxygen atoms in total. The number of carbonyl (C=O) groups is 1. The normalized spacial score (nSPS) is 16.1. The van der Waals surface area contributed by atoms with E-state index >= 15 is 0 Å². The largest absolute Gasteiger partial charge is 0.325 e. The van der Waals surface area contributed by atoms with E-state index in [1.165, 1.54) is 31.8 Å². The van der Waals surface area contributed by atoms with E-state index in [-0.39, 0.29) is 10.8 Å². The Bertz CT molecular complexity index is 921. The van der Waals surface area contributed by atoms with Crippen LogP contribution in [-0.2, 0) is 21.2 Å². The number of carbonyl (C=O) groups excluding carboxylic acids is 1. The molecule has 0 aliphatic carbocycles. The molecule has 3 rings (SSSR count). The van der Waals surface area contributed by atoms with Gasteiger partial charge in [0.2, 0.25) is 15.9 Å². The number of amides is 1. The third kappa shape index (κ3) is 5.88. The van der Waals surface area contributed by atoms with Gasteiger partial charge in [0.25, 0.3) is 0 Å². The Morgan fingerprint density at radius 1 is 1.07 bits per heavy atom. The molecule has 7 heteroatoms. The molecule has 1 aliphatic rings. The Balaban J connectivity index is 1.49. The van der Waals surface area contributed by atoms with Gasteiger partial charge >= 0.3 is 0 Å². The molecule has 1 saturated heterocycles. The van der Waals surface area contributed by atoms with Crippen LogP contribution in [0, 0.1) is 5.92 Å². The number of likely N-dealkylation sites (tertiary alicyclic amines) is 1. The SMILES string of the molecule is CN(C)S(=O)(=O)c1cccc(NC(=O)CN2CCC(Cc3ccccc3)CC2)c1. The van der Waals surface area contributed by atoms with Gasteiger partial charge in [-0.1, -0.05) is 36.4 Å². The molecule has 2 aromatic rings. The molecule has 0 atom stereocenters. The maximum absolute atomic E-state index is 12.4. The minimum Gasteiger partial charge on any atom is -0.325 e. The van der Waals surface area contributed by atoms with Crippen molar-refractivity contribution in [3.8, 4) is 0 Å². The van der Waals surface area contributed by atoms with Gasteiger partial charge in [-0.05, 0) is 62.0 Å². The number of hydrogen-bond acceptors (Lipinski definition) is 4. The van der Waals surface area contributed by atoms with E-state index in [9.17, 15) is 13.2 Å². The molecule has 1 N–H and O–H groups in total. The second kappa shape index (κ2) is 9.52. The first kappa shape index (κ1) is 21.5. The molecule has 1 amide bonds. The number of hydrogen-bond donors (Lipinski definition) is 1. The second-order valence-electron chi connectivity index (χ2n) is 7.77. The minimum atomic E-state index is -3.52. The standard InChI is InChI=1S/C22H29N3O3S/c1-24(2)29(27,28)21-10-6-9-20(16-21)23-22(26)17-25-13-11-19(12-14-25)15-18-7-4-3-5-8-18/h3-10,16,19H,11-15,17H2,1-2H3,(H,23,26). The number of sulfonamides is 1. The number of nitrogens with zero attached hydrogens (tertiary/aromatic N) is 2. The van der Waals surface area contributed by atoms with Crippen molar-refractivity contribution in [2.75, 3.05) is 39.0 Å². The van der Waals surface area contributed by atoms with E-state index in [0.29, 0.717) is 18.2 Å². The molecule has 0 radical (unpaired) electrons. The van der Waals surface area contributed by atoms with Gasteiger partial charge in [0.05, 0.1) is 11.4 Å². The molecule has 1 heterocycles. The van der Waals surface area contributed by atoms with Crippen LogP contribution in [0.1, 0.15) is 18.4 Å². The summed E-state index contributed by atoms with van der Waals surface area (Å²) in [7, 11) is -0.547. The predicted molar refractivity (Wildman–Crippen MR) is 115 cm³/mol. The third-order valence-corrected chi connectivity index (χ3v) is 7.15. The fourth-order valence-electron chi connectivity index (χ4n) is 3.64. The summed E-state index contributed by atoms with van der Waals surface area (Å²) in [5.74, 6) is 0.538. The maximum atomic E-state index is 12.4. The molecule has 0 aromatic heterocycles. The Hall–Kier alpha value is -2.22. The monoisotopic (exact) mass is 415 g/mol. The van der Waals surface area contributed by atoms with Crippen LogP contribution in [0.15, 0.2) is 59.5 Å². The van der Waals surface area contributed by atoms with Gasteiger partial charge in [-0.3, -0.25) is 9.69 Å². The molecular weight excluding hydrogens is 386 g/mol. The summed E-state index contributed by atoms with van der Waals surface area (Å²) in [5.41, 5.74) is 1.87. The van der Waals surface area contributed by atoms with Crippen molar-refractivity contribution in [2.45, 2.75) is 24.2 Å². The van der Waals surface area contributed by atoms with Crippen LogP contribution in [0.5, 0.6) is 0 Å². The lowest BCUT2D eigenvalue weighted by molar-refractivity contribution is -0.117. The fourth-order valence-corrected chi connectivity index (χ4v) is 4.59. The average molecular weight is 416 g/mol. The van der Waals surface area contributed by atoms with Crippen molar-refractivity contribution in [2.24, 2.45) is 5.92 Å². The number of anilines is 1. The van der Waals surface area contributed by atoms with Gasteiger partial charge in [-0.25, -0.2) is 12.7 Å². The summed E-state index contributed by atoms with van der Waals surface area (Å²) in [6.07, 6.45) is 3.26. The number of piperidine rings is 1. The van der Waals surface area contributed by atoms with E-state index in [1.807, 2.05) is 6.07 Å². The zero-order valence-corrected chi connectivity index (χ0v) is 17.9. The van der Waals surface area contributed by atoms with E-state index in [4.69, 9.17) is 0 Å². The second-order valence-corrected chi connectivity index (χ2v) is 9.92. The molecule has 0 saturated carbocycles. The van der Waals surface area contributed by atoms with E-state index in [2.05, 4.69) is 34.5 Å². The molecule has 0 spiro atoms. The zero-order chi connectivity index (χ0) is 20.9. The molecule has 29 heavy (non-hydrogen) atoms. The van der Waals surface area contributed by atoms with Crippen molar-refractivity contribution >= 4 is 21.6 Å². The zero-order valence-electron chi connectivity index (χ0n) is 17.0. The van der Waals surface area contributed by atoms with Gasteiger partial charge < -0.3 is 5.32 Å². The number of rotatable bonds is 7. The Morgan fingerprint density at radius 3 is 2.41 bits per heavy atom. The van der Waals surface area contributed by atoms with Crippen molar-refractivity contribution in [3.63, 3.8) is 0 Å². The molecule has 2 aromatic carbocycles. The molecule has 1 aliphatic heterocycles. The summed E-state index contributed by atoms with van der Waals surface area (Å²) in [5, 5.41) is 2.83. The van der Waals surface area contributed by atoms with E-state index in [1.54, 1.807) is 12.1 Å². The van der Waals surface area contributed by atoms with Crippen LogP contribution in [0.4, 0.5) is 5.69 Å². The lowest BCUT2D eigenvalue weighted by Gasteiger charge is -2.31. The van der Waals surface area contributed by atoms with Gasteiger partial charge in [-0.2, -0.15) is 0 Å². The first-order valence-corrected chi connectivity index (χ1v) is 11.4.